The standard InChI is InChI=1S/C21H43NO/c1-4-5-6-7-8-9-10-11-12-13-14-17-20(2)18-15-16-19-21(23)22-3/h20H,4-19H2,1-3H3,(H,22,23). The highest BCUT2D eigenvalue weighted by Crippen LogP contribution is 2.18. The van der Waals surface area contributed by atoms with E-state index in [9.17, 15) is 4.79 Å². The fourth-order valence-electron chi connectivity index (χ4n) is 3.20. The van der Waals surface area contributed by atoms with Crippen molar-refractivity contribution in [3.05, 3.63) is 0 Å². The number of nitrogens with one attached hydrogen (secondary N) is 1. The molecule has 23 heavy (non-hydrogen) atoms. The minimum atomic E-state index is 0.183. The van der Waals surface area contributed by atoms with E-state index >= 15 is 0 Å². The highest BCUT2D eigenvalue weighted by molar-refractivity contribution is 5.75. The van der Waals surface area contributed by atoms with Crippen molar-refractivity contribution in [3.8, 4) is 0 Å². The predicted molar refractivity (Wildman–Crippen MR) is 103 cm³/mol. The van der Waals surface area contributed by atoms with Gasteiger partial charge in [-0.15, -0.1) is 0 Å². The zero-order chi connectivity index (χ0) is 17.2. The number of amides is 1. The van der Waals surface area contributed by atoms with Gasteiger partial charge in [0.1, 0.15) is 0 Å². The second-order valence-corrected chi connectivity index (χ2v) is 7.35. The monoisotopic (exact) mass is 325 g/mol. The average molecular weight is 326 g/mol. The van der Waals surface area contributed by atoms with E-state index in [0.29, 0.717) is 6.42 Å². The molecule has 0 heterocycles. The third-order valence-corrected chi connectivity index (χ3v) is 4.93. The van der Waals surface area contributed by atoms with Crippen LogP contribution in [0.1, 0.15) is 117 Å². The van der Waals surface area contributed by atoms with E-state index in [1.807, 2.05) is 0 Å². The van der Waals surface area contributed by atoms with Crippen LogP contribution in [0, 0.1) is 5.92 Å². The molecule has 0 aromatic carbocycles. The molecule has 2 nitrogen and oxygen atoms in total. The molecule has 0 aromatic rings. The zero-order valence-corrected chi connectivity index (χ0v) is 16.3. The maximum atomic E-state index is 11.1. The summed E-state index contributed by atoms with van der Waals surface area (Å²) in [5.41, 5.74) is 0. The molecule has 1 amide bonds. The molecule has 0 aliphatic heterocycles. The molecule has 0 spiro atoms. The molecule has 0 aromatic heterocycles. The number of carbonyl (C=O) groups is 1. The van der Waals surface area contributed by atoms with Crippen LogP contribution in [0.15, 0.2) is 0 Å². The fraction of sp³-hybridized carbons (Fsp3) is 0.952. The fourth-order valence-corrected chi connectivity index (χ4v) is 3.20. The third kappa shape index (κ3) is 17.7. The second kappa shape index (κ2) is 17.8. The van der Waals surface area contributed by atoms with Crippen molar-refractivity contribution >= 4 is 5.91 Å². The summed E-state index contributed by atoms with van der Waals surface area (Å²) in [6.45, 7) is 4.65. The molecule has 0 saturated carbocycles. The molecule has 1 unspecified atom stereocenters. The quantitative estimate of drug-likeness (QED) is 0.299. The lowest BCUT2D eigenvalue weighted by atomic mass is 9.96. The second-order valence-electron chi connectivity index (χ2n) is 7.35. The Morgan fingerprint density at radius 2 is 1.17 bits per heavy atom. The first-order chi connectivity index (χ1) is 11.2. The predicted octanol–water partition coefficient (Wildman–Crippen LogP) is 6.63. The lowest BCUT2D eigenvalue weighted by Crippen LogP contribution is -2.16. The van der Waals surface area contributed by atoms with Crippen LogP contribution >= 0.6 is 0 Å². The van der Waals surface area contributed by atoms with Gasteiger partial charge >= 0.3 is 0 Å². The van der Waals surface area contributed by atoms with Crippen LogP contribution in [0.2, 0.25) is 0 Å². The summed E-state index contributed by atoms with van der Waals surface area (Å²) < 4.78 is 0. The molecular weight excluding hydrogens is 282 g/mol. The van der Waals surface area contributed by atoms with Crippen LogP contribution in [0.5, 0.6) is 0 Å². The summed E-state index contributed by atoms with van der Waals surface area (Å²) in [6, 6.07) is 0. The van der Waals surface area contributed by atoms with Crippen molar-refractivity contribution in [2.45, 2.75) is 117 Å². The molecule has 0 fully saturated rings. The molecular formula is C21H43NO. The molecule has 0 bridgehead atoms. The van der Waals surface area contributed by atoms with Gasteiger partial charge in [0.25, 0.3) is 0 Å². The summed E-state index contributed by atoms with van der Waals surface area (Å²) in [5, 5.41) is 2.69. The summed E-state index contributed by atoms with van der Waals surface area (Å²) in [7, 11) is 1.72. The van der Waals surface area contributed by atoms with Gasteiger partial charge in [0.15, 0.2) is 0 Å². The number of hydrogen-bond donors (Lipinski definition) is 1. The topological polar surface area (TPSA) is 29.1 Å². The van der Waals surface area contributed by atoms with Crippen LogP contribution in [0.3, 0.4) is 0 Å². The van der Waals surface area contributed by atoms with Gasteiger partial charge < -0.3 is 5.32 Å². The van der Waals surface area contributed by atoms with Gasteiger partial charge in [-0.3, -0.25) is 4.79 Å². The first-order valence-corrected chi connectivity index (χ1v) is 10.4. The van der Waals surface area contributed by atoms with Crippen LogP contribution in [-0.2, 0) is 4.79 Å². The van der Waals surface area contributed by atoms with E-state index in [1.54, 1.807) is 7.05 Å². The summed E-state index contributed by atoms with van der Waals surface area (Å²) >= 11 is 0. The Morgan fingerprint density at radius 3 is 1.65 bits per heavy atom. The van der Waals surface area contributed by atoms with Crippen molar-refractivity contribution in [1.82, 2.24) is 5.32 Å². The summed E-state index contributed by atoms with van der Waals surface area (Å²) in [6.07, 6.45) is 21.3. The van der Waals surface area contributed by atoms with Crippen LogP contribution in [0.4, 0.5) is 0 Å². The Morgan fingerprint density at radius 1 is 0.739 bits per heavy atom. The first-order valence-electron chi connectivity index (χ1n) is 10.4. The zero-order valence-electron chi connectivity index (χ0n) is 16.3. The van der Waals surface area contributed by atoms with Crippen molar-refractivity contribution < 1.29 is 4.79 Å². The largest absolute Gasteiger partial charge is 0.359 e. The number of hydrogen-bond acceptors (Lipinski definition) is 1. The van der Waals surface area contributed by atoms with E-state index in [-0.39, 0.29) is 5.91 Å². The molecule has 1 atom stereocenters. The van der Waals surface area contributed by atoms with E-state index < -0.39 is 0 Å². The molecule has 0 aliphatic rings. The Balaban J connectivity index is 3.17. The summed E-state index contributed by atoms with van der Waals surface area (Å²) in [5.74, 6) is 1.02. The van der Waals surface area contributed by atoms with E-state index in [2.05, 4.69) is 19.2 Å². The van der Waals surface area contributed by atoms with Gasteiger partial charge in [0.2, 0.25) is 5.91 Å². The Kier molecular flexibility index (Phi) is 17.4. The molecule has 0 aliphatic carbocycles. The highest BCUT2D eigenvalue weighted by Gasteiger charge is 2.03. The number of carbonyl (C=O) groups excluding carboxylic acids is 1. The lowest BCUT2D eigenvalue weighted by Gasteiger charge is -2.10. The third-order valence-electron chi connectivity index (χ3n) is 4.93. The molecule has 1 N–H and O–H groups in total. The maximum Gasteiger partial charge on any atom is 0.219 e. The van der Waals surface area contributed by atoms with Crippen molar-refractivity contribution in [1.29, 1.82) is 0 Å². The lowest BCUT2D eigenvalue weighted by molar-refractivity contribution is -0.120. The van der Waals surface area contributed by atoms with Gasteiger partial charge in [-0.2, -0.15) is 0 Å². The van der Waals surface area contributed by atoms with Gasteiger partial charge in [0, 0.05) is 13.5 Å². The molecule has 0 radical (unpaired) electrons. The molecule has 2 heteroatoms. The van der Waals surface area contributed by atoms with Gasteiger partial charge in [-0.25, -0.2) is 0 Å². The number of rotatable bonds is 17. The van der Waals surface area contributed by atoms with E-state index in [0.717, 1.165) is 12.3 Å². The molecule has 0 rings (SSSR count). The Hall–Kier alpha value is -0.530. The van der Waals surface area contributed by atoms with Gasteiger partial charge in [-0.05, 0) is 12.3 Å². The average Bonchev–Trinajstić information content (AvgIpc) is 2.56. The molecule has 138 valence electrons. The van der Waals surface area contributed by atoms with Crippen molar-refractivity contribution in [2.75, 3.05) is 7.05 Å². The van der Waals surface area contributed by atoms with E-state index in [4.69, 9.17) is 0 Å². The number of unbranched alkanes of at least 4 members (excludes halogenated alkanes) is 11. The minimum Gasteiger partial charge on any atom is -0.359 e. The maximum absolute atomic E-state index is 11.1. The normalized spacial score (nSPS) is 12.3. The Bertz CT molecular complexity index is 252. The first kappa shape index (κ1) is 22.5. The van der Waals surface area contributed by atoms with Crippen LogP contribution in [0.25, 0.3) is 0 Å². The van der Waals surface area contributed by atoms with E-state index in [1.165, 1.54) is 89.9 Å². The molecule has 0 saturated heterocycles. The smallest absolute Gasteiger partial charge is 0.219 e. The van der Waals surface area contributed by atoms with Gasteiger partial charge in [0.05, 0.1) is 0 Å². The van der Waals surface area contributed by atoms with Crippen molar-refractivity contribution in [3.63, 3.8) is 0 Å². The van der Waals surface area contributed by atoms with Crippen molar-refractivity contribution in [2.24, 2.45) is 5.92 Å². The van der Waals surface area contributed by atoms with Gasteiger partial charge in [-0.1, -0.05) is 104 Å². The minimum absolute atomic E-state index is 0.183. The SMILES string of the molecule is CCCCCCCCCCCCCC(C)CCCCC(=O)NC. The Labute approximate surface area is 146 Å². The van der Waals surface area contributed by atoms with Crippen LogP contribution in [-0.4, -0.2) is 13.0 Å². The summed E-state index contributed by atoms with van der Waals surface area (Å²) in [4.78, 5) is 11.1. The highest BCUT2D eigenvalue weighted by atomic mass is 16.1. The van der Waals surface area contributed by atoms with Crippen LogP contribution < -0.4 is 5.32 Å².